The molecule has 0 aliphatic carbocycles. The minimum atomic E-state index is -0.481. The van der Waals surface area contributed by atoms with Crippen LogP contribution in [0.25, 0.3) is 28.1 Å². The lowest BCUT2D eigenvalue weighted by molar-refractivity contribution is 0.0516. The maximum absolute atomic E-state index is 13.6. The molecule has 3 aromatic carbocycles. The van der Waals surface area contributed by atoms with Gasteiger partial charge in [0.05, 0.1) is 12.3 Å². The molecule has 0 amide bonds. The fourth-order valence-corrected chi connectivity index (χ4v) is 3.25. The van der Waals surface area contributed by atoms with E-state index in [2.05, 4.69) is 0 Å². The molecule has 5 heteroatoms. The number of benzene rings is 3. The van der Waals surface area contributed by atoms with Gasteiger partial charge in [0.1, 0.15) is 11.5 Å². The van der Waals surface area contributed by atoms with Crippen LogP contribution in [0.5, 0.6) is 0 Å². The molecule has 4 rings (SSSR count). The zero-order valence-corrected chi connectivity index (χ0v) is 15.9. The van der Waals surface area contributed by atoms with Crippen LogP contribution in [0.2, 0.25) is 0 Å². The number of rotatable bonds is 5. The summed E-state index contributed by atoms with van der Waals surface area (Å²) in [5, 5.41) is 4.77. The second-order valence-corrected chi connectivity index (χ2v) is 6.41. The Bertz CT molecular complexity index is 1120. The van der Waals surface area contributed by atoms with E-state index in [0.29, 0.717) is 22.5 Å². The van der Waals surface area contributed by atoms with Gasteiger partial charge in [-0.15, -0.1) is 0 Å². The second-order valence-electron chi connectivity index (χ2n) is 6.41. The molecule has 1 aromatic heterocycles. The predicted octanol–water partition coefficient (Wildman–Crippen LogP) is 5.52. The lowest BCUT2D eigenvalue weighted by Crippen LogP contribution is -2.13. The molecule has 0 bridgehead atoms. The molecule has 0 fully saturated rings. The summed E-state index contributed by atoms with van der Waals surface area (Å²) < 4.78 is 20.5. The number of esters is 1. The molecular formula is C24H19FN2O2. The van der Waals surface area contributed by atoms with E-state index in [1.54, 1.807) is 23.7 Å². The molecule has 0 atom stereocenters. The van der Waals surface area contributed by atoms with Crippen LogP contribution < -0.4 is 0 Å². The van der Waals surface area contributed by atoms with Crippen LogP contribution in [0, 0.1) is 5.82 Å². The van der Waals surface area contributed by atoms with Crippen LogP contribution in [0.4, 0.5) is 4.39 Å². The summed E-state index contributed by atoms with van der Waals surface area (Å²) in [6, 6.07) is 25.1. The zero-order chi connectivity index (χ0) is 20.2. The van der Waals surface area contributed by atoms with Gasteiger partial charge in [0.2, 0.25) is 0 Å². The number of carbonyl (C=O) groups is 1. The minimum absolute atomic E-state index is 0.238. The van der Waals surface area contributed by atoms with Gasteiger partial charge in [-0.05, 0) is 36.8 Å². The monoisotopic (exact) mass is 386 g/mol. The Balaban J connectivity index is 2.05. The molecule has 4 nitrogen and oxygen atoms in total. The highest BCUT2D eigenvalue weighted by molar-refractivity contribution is 6.00. The Kier molecular flexibility index (Phi) is 5.20. The summed E-state index contributed by atoms with van der Waals surface area (Å²) in [5.41, 5.74) is 3.83. The topological polar surface area (TPSA) is 44.1 Å². The first-order valence-electron chi connectivity index (χ1n) is 9.36. The van der Waals surface area contributed by atoms with Crippen molar-refractivity contribution in [2.45, 2.75) is 6.92 Å². The molecule has 1 heterocycles. The summed E-state index contributed by atoms with van der Waals surface area (Å²) in [6.45, 7) is 2.00. The van der Waals surface area contributed by atoms with Crippen molar-refractivity contribution in [1.29, 1.82) is 0 Å². The number of hydrogen-bond acceptors (Lipinski definition) is 3. The van der Waals surface area contributed by atoms with Crippen LogP contribution in [0.3, 0.4) is 0 Å². The fraction of sp³-hybridized carbons (Fsp3) is 0.0833. The van der Waals surface area contributed by atoms with Gasteiger partial charge in [-0.3, -0.25) is 0 Å². The molecule has 0 aliphatic rings. The SMILES string of the molecule is CCOC(=O)c1c(-c2ccc(F)cc2)c(-c2ccccc2)nn1-c1ccccc1. The second kappa shape index (κ2) is 8.10. The Morgan fingerprint density at radius 2 is 1.52 bits per heavy atom. The van der Waals surface area contributed by atoms with Crippen molar-refractivity contribution in [1.82, 2.24) is 9.78 Å². The van der Waals surface area contributed by atoms with Gasteiger partial charge < -0.3 is 4.74 Å². The highest BCUT2D eigenvalue weighted by atomic mass is 19.1. The Morgan fingerprint density at radius 1 is 0.897 bits per heavy atom. The average Bonchev–Trinajstić information content (AvgIpc) is 3.16. The van der Waals surface area contributed by atoms with E-state index in [1.165, 1.54) is 12.1 Å². The maximum Gasteiger partial charge on any atom is 0.357 e. The third-order valence-electron chi connectivity index (χ3n) is 4.54. The summed E-state index contributed by atoms with van der Waals surface area (Å²) >= 11 is 0. The van der Waals surface area contributed by atoms with Crippen molar-refractivity contribution < 1.29 is 13.9 Å². The highest BCUT2D eigenvalue weighted by Gasteiger charge is 2.27. The summed E-state index contributed by atoms with van der Waals surface area (Å²) in [5.74, 6) is -0.825. The Morgan fingerprint density at radius 3 is 2.14 bits per heavy atom. The van der Waals surface area contributed by atoms with E-state index in [-0.39, 0.29) is 12.4 Å². The van der Waals surface area contributed by atoms with Gasteiger partial charge in [-0.2, -0.15) is 5.10 Å². The lowest BCUT2D eigenvalue weighted by atomic mass is 9.98. The quantitative estimate of drug-likeness (QED) is 0.424. The zero-order valence-electron chi connectivity index (χ0n) is 15.9. The first-order chi connectivity index (χ1) is 14.2. The standard InChI is InChI=1S/C24H19FN2O2/c1-2-29-24(28)23-21(17-13-15-19(25)16-14-17)22(18-9-5-3-6-10-18)26-27(23)20-11-7-4-8-12-20/h3-16H,2H2,1H3. The molecule has 144 valence electrons. The van der Waals surface area contributed by atoms with E-state index in [9.17, 15) is 9.18 Å². The molecule has 4 aromatic rings. The number of para-hydroxylation sites is 1. The van der Waals surface area contributed by atoms with E-state index >= 15 is 0 Å². The smallest absolute Gasteiger partial charge is 0.357 e. The molecule has 0 spiro atoms. The third-order valence-corrected chi connectivity index (χ3v) is 4.54. The minimum Gasteiger partial charge on any atom is -0.461 e. The molecule has 0 N–H and O–H groups in total. The Hall–Kier alpha value is -3.73. The summed E-state index contributed by atoms with van der Waals surface area (Å²) in [7, 11) is 0. The van der Waals surface area contributed by atoms with E-state index in [1.807, 2.05) is 60.7 Å². The van der Waals surface area contributed by atoms with Crippen molar-refractivity contribution in [2.24, 2.45) is 0 Å². The van der Waals surface area contributed by atoms with Crippen molar-refractivity contribution in [3.05, 3.63) is 96.4 Å². The first-order valence-corrected chi connectivity index (χ1v) is 9.36. The largest absolute Gasteiger partial charge is 0.461 e. The molecule has 0 radical (unpaired) electrons. The molecule has 29 heavy (non-hydrogen) atoms. The fourth-order valence-electron chi connectivity index (χ4n) is 3.25. The molecule has 0 aliphatic heterocycles. The van der Waals surface area contributed by atoms with Crippen molar-refractivity contribution in [3.63, 3.8) is 0 Å². The Labute approximate surface area is 168 Å². The van der Waals surface area contributed by atoms with E-state index in [4.69, 9.17) is 9.84 Å². The van der Waals surface area contributed by atoms with Crippen LogP contribution in [0.1, 0.15) is 17.4 Å². The van der Waals surface area contributed by atoms with Crippen molar-refractivity contribution >= 4 is 5.97 Å². The lowest BCUT2D eigenvalue weighted by Gasteiger charge is -2.09. The van der Waals surface area contributed by atoms with Gasteiger partial charge in [0.25, 0.3) is 0 Å². The molecule has 0 saturated heterocycles. The van der Waals surface area contributed by atoms with Crippen molar-refractivity contribution in [2.75, 3.05) is 6.61 Å². The third kappa shape index (κ3) is 3.67. The molecule has 0 unspecified atom stereocenters. The van der Waals surface area contributed by atoms with E-state index < -0.39 is 5.97 Å². The van der Waals surface area contributed by atoms with E-state index in [0.717, 1.165) is 11.3 Å². The number of nitrogens with zero attached hydrogens (tertiary/aromatic N) is 2. The van der Waals surface area contributed by atoms with Crippen LogP contribution in [0.15, 0.2) is 84.9 Å². The summed E-state index contributed by atoms with van der Waals surface area (Å²) in [4.78, 5) is 13.0. The van der Waals surface area contributed by atoms with Gasteiger partial charge >= 0.3 is 5.97 Å². The van der Waals surface area contributed by atoms with Crippen LogP contribution in [-0.2, 0) is 4.74 Å². The number of halogens is 1. The van der Waals surface area contributed by atoms with Gasteiger partial charge in [0.15, 0.2) is 5.69 Å². The number of aromatic nitrogens is 2. The number of hydrogen-bond donors (Lipinski definition) is 0. The van der Waals surface area contributed by atoms with Gasteiger partial charge in [0, 0.05) is 11.1 Å². The highest BCUT2D eigenvalue weighted by Crippen LogP contribution is 2.36. The predicted molar refractivity (Wildman–Crippen MR) is 110 cm³/mol. The molecule has 0 saturated carbocycles. The number of carbonyl (C=O) groups excluding carboxylic acids is 1. The van der Waals surface area contributed by atoms with Crippen LogP contribution >= 0.6 is 0 Å². The van der Waals surface area contributed by atoms with Gasteiger partial charge in [-0.1, -0.05) is 60.7 Å². The first kappa shape index (κ1) is 18.6. The van der Waals surface area contributed by atoms with Gasteiger partial charge in [-0.25, -0.2) is 13.9 Å². The molecular weight excluding hydrogens is 367 g/mol. The maximum atomic E-state index is 13.6. The number of ether oxygens (including phenoxy) is 1. The van der Waals surface area contributed by atoms with Crippen LogP contribution in [-0.4, -0.2) is 22.4 Å². The summed E-state index contributed by atoms with van der Waals surface area (Å²) in [6.07, 6.45) is 0. The van der Waals surface area contributed by atoms with Crippen molar-refractivity contribution in [3.8, 4) is 28.1 Å². The normalized spacial score (nSPS) is 10.7. The average molecular weight is 386 g/mol.